The lowest BCUT2D eigenvalue weighted by Gasteiger charge is -2.17. The van der Waals surface area contributed by atoms with Crippen LogP contribution in [0.2, 0.25) is 0 Å². The predicted molar refractivity (Wildman–Crippen MR) is 66.4 cm³/mol. The van der Waals surface area contributed by atoms with Gasteiger partial charge in [0.25, 0.3) is 0 Å². The highest BCUT2D eigenvalue weighted by Crippen LogP contribution is 2.58. The van der Waals surface area contributed by atoms with Crippen molar-refractivity contribution in [2.24, 2.45) is 11.3 Å². The number of methoxy groups -OCH3 is 2. The minimum absolute atomic E-state index is 0.230. The van der Waals surface area contributed by atoms with Crippen LogP contribution in [0.1, 0.15) is 31.9 Å². The Hall–Kier alpha value is -1.22. The molecule has 3 heteroatoms. The highest BCUT2D eigenvalue weighted by molar-refractivity contribution is 5.42. The topological polar surface area (TPSA) is 38.7 Å². The van der Waals surface area contributed by atoms with Crippen LogP contribution in [-0.2, 0) is 0 Å². The van der Waals surface area contributed by atoms with Gasteiger partial charge >= 0.3 is 0 Å². The number of hydrogen-bond donors (Lipinski definition) is 1. The van der Waals surface area contributed by atoms with Crippen molar-refractivity contribution in [2.45, 2.75) is 26.4 Å². The molecule has 0 spiro atoms. The number of ether oxygens (including phenoxy) is 2. The second-order valence-electron chi connectivity index (χ2n) is 5.35. The van der Waals surface area contributed by atoms with Gasteiger partial charge in [0, 0.05) is 5.56 Å². The van der Waals surface area contributed by atoms with Crippen LogP contribution < -0.4 is 9.47 Å². The SMILES string of the molecule is COc1ccc(OC)c(C(O)C2CC2(C)C)c1. The zero-order valence-electron chi connectivity index (χ0n) is 10.9. The molecule has 2 unspecified atom stereocenters. The maximum absolute atomic E-state index is 10.4. The molecule has 3 nitrogen and oxygen atoms in total. The van der Waals surface area contributed by atoms with E-state index in [1.807, 2.05) is 18.2 Å². The van der Waals surface area contributed by atoms with Crippen molar-refractivity contribution >= 4 is 0 Å². The number of hydrogen-bond acceptors (Lipinski definition) is 3. The zero-order chi connectivity index (χ0) is 12.6. The lowest BCUT2D eigenvalue weighted by Crippen LogP contribution is -2.06. The first-order valence-corrected chi connectivity index (χ1v) is 5.89. The highest BCUT2D eigenvalue weighted by Gasteiger charge is 2.50. The molecular formula is C14H20O3. The predicted octanol–water partition coefficient (Wildman–Crippen LogP) is 2.78. The molecule has 17 heavy (non-hydrogen) atoms. The van der Waals surface area contributed by atoms with E-state index < -0.39 is 6.10 Å². The number of aliphatic hydroxyl groups excluding tert-OH is 1. The average molecular weight is 236 g/mol. The summed E-state index contributed by atoms with van der Waals surface area (Å²) >= 11 is 0. The summed E-state index contributed by atoms with van der Waals surface area (Å²) in [5.74, 6) is 1.78. The van der Waals surface area contributed by atoms with Crippen molar-refractivity contribution in [3.05, 3.63) is 23.8 Å². The molecule has 1 fully saturated rings. The van der Waals surface area contributed by atoms with Crippen molar-refractivity contribution < 1.29 is 14.6 Å². The van der Waals surface area contributed by atoms with E-state index in [0.717, 1.165) is 23.5 Å². The molecule has 0 bridgehead atoms. The van der Waals surface area contributed by atoms with E-state index in [9.17, 15) is 5.11 Å². The van der Waals surface area contributed by atoms with Gasteiger partial charge in [-0.1, -0.05) is 13.8 Å². The molecule has 1 aromatic rings. The molecule has 0 aromatic heterocycles. The van der Waals surface area contributed by atoms with Gasteiger partial charge in [0.15, 0.2) is 0 Å². The molecule has 0 heterocycles. The van der Waals surface area contributed by atoms with Crippen molar-refractivity contribution in [1.29, 1.82) is 0 Å². The van der Waals surface area contributed by atoms with Crippen molar-refractivity contribution in [3.63, 3.8) is 0 Å². The van der Waals surface area contributed by atoms with Crippen molar-refractivity contribution in [1.82, 2.24) is 0 Å². The third kappa shape index (κ3) is 2.25. The van der Waals surface area contributed by atoms with Gasteiger partial charge in [0.2, 0.25) is 0 Å². The summed E-state index contributed by atoms with van der Waals surface area (Å²) in [6.45, 7) is 4.35. The lowest BCUT2D eigenvalue weighted by atomic mass is 9.98. The number of rotatable bonds is 4. The summed E-state index contributed by atoms with van der Waals surface area (Å²) < 4.78 is 10.5. The molecule has 1 aliphatic carbocycles. The van der Waals surface area contributed by atoms with E-state index in [2.05, 4.69) is 13.8 Å². The summed E-state index contributed by atoms with van der Waals surface area (Å²) in [6.07, 6.45) is 0.573. The quantitative estimate of drug-likeness (QED) is 0.873. The van der Waals surface area contributed by atoms with Crippen LogP contribution in [0.5, 0.6) is 11.5 Å². The minimum Gasteiger partial charge on any atom is -0.497 e. The Balaban J connectivity index is 2.29. The summed E-state index contributed by atoms with van der Waals surface area (Å²) in [4.78, 5) is 0. The fourth-order valence-electron chi connectivity index (χ4n) is 2.33. The maximum atomic E-state index is 10.4. The van der Waals surface area contributed by atoms with Crippen LogP contribution in [-0.4, -0.2) is 19.3 Å². The largest absolute Gasteiger partial charge is 0.497 e. The molecule has 0 saturated heterocycles. The van der Waals surface area contributed by atoms with Crippen molar-refractivity contribution in [3.8, 4) is 11.5 Å². The third-order valence-corrected chi connectivity index (χ3v) is 3.73. The van der Waals surface area contributed by atoms with Gasteiger partial charge in [-0.15, -0.1) is 0 Å². The van der Waals surface area contributed by atoms with Crippen LogP contribution in [0.15, 0.2) is 18.2 Å². The van der Waals surface area contributed by atoms with Gasteiger partial charge < -0.3 is 14.6 Å². The Morgan fingerprint density at radius 2 is 1.94 bits per heavy atom. The second kappa shape index (κ2) is 4.22. The fourth-order valence-corrected chi connectivity index (χ4v) is 2.33. The monoisotopic (exact) mass is 236 g/mol. The summed E-state index contributed by atoms with van der Waals surface area (Å²) in [7, 11) is 3.25. The van der Waals surface area contributed by atoms with Crippen LogP contribution in [0.25, 0.3) is 0 Å². The second-order valence-corrected chi connectivity index (χ2v) is 5.35. The standard InChI is InChI=1S/C14H20O3/c1-14(2)8-11(14)13(15)10-7-9(16-3)5-6-12(10)17-4/h5-7,11,13,15H,8H2,1-4H3. The first kappa shape index (κ1) is 12.2. The molecular weight excluding hydrogens is 216 g/mol. The molecule has 2 rings (SSSR count). The number of benzene rings is 1. The maximum Gasteiger partial charge on any atom is 0.124 e. The fraction of sp³-hybridized carbons (Fsp3) is 0.571. The van der Waals surface area contributed by atoms with Gasteiger partial charge in [-0.05, 0) is 36.0 Å². The Kier molecular flexibility index (Phi) is 3.04. The molecule has 94 valence electrons. The normalized spacial score (nSPS) is 23.0. The van der Waals surface area contributed by atoms with E-state index >= 15 is 0 Å². The number of aliphatic hydroxyl groups is 1. The highest BCUT2D eigenvalue weighted by atomic mass is 16.5. The van der Waals surface area contributed by atoms with Crippen LogP contribution in [0, 0.1) is 11.3 Å². The molecule has 0 aliphatic heterocycles. The van der Waals surface area contributed by atoms with Gasteiger partial charge in [-0.2, -0.15) is 0 Å². The van der Waals surface area contributed by atoms with Gasteiger partial charge in [0.1, 0.15) is 11.5 Å². The van der Waals surface area contributed by atoms with Gasteiger partial charge in [-0.3, -0.25) is 0 Å². The van der Waals surface area contributed by atoms with E-state index in [-0.39, 0.29) is 5.41 Å². The third-order valence-electron chi connectivity index (χ3n) is 3.73. The smallest absolute Gasteiger partial charge is 0.124 e. The van der Waals surface area contributed by atoms with E-state index in [4.69, 9.17) is 9.47 Å². The molecule has 1 aliphatic rings. The average Bonchev–Trinajstić information content (AvgIpc) is 2.96. The molecule has 2 atom stereocenters. The molecule has 0 amide bonds. The molecule has 1 saturated carbocycles. The first-order chi connectivity index (χ1) is 7.99. The van der Waals surface area contributed by atoms with Crippen LogP contribution in [0.3, 0.4) is 0 Å². The Bertz CT molecular complexity index is 412. The Morgan fingerprint density at radius 1 is 1.29 bits per heavy atom. The lowest BCUT2D eigenvalue weighted by molar-refractivity contribution is 0.134. The zero-order valence-corrected chi connectivity index (χ0v) is 10.9. The summed E-state index contributed by atoms with van der Waals surface area (Å²) in [5.41, 5.74) is 1.05. The summed E-state index contributed by atoms with van der Waals surface area (Å²) in [5, 5.41) is 10.4. The first-order valence-electron chi connectivity index (χ1n) is 5.89. The van der Waals surface area contributed by atoms with E-state index in [1.165, 1.54) is 0 Å². The molecule has 1 aromatic carbocycles. The van der Waals surface area contributed by atoms with Crippen molar-refractivity contribution in [2.75, 3.05) is 14.2 Å². The van der Waals surface area contributed by atoms with Crippen LogP contribution in [0.4, 0.5) is 0 Å². The molecule has 1 N–H and O–H groups in total. The van der Waals surface area contributed by atoms with Gasteiger partial charge in [-0.25, -0.2) is 0 Å². The Morgan fingerprint density at radius 3 is 2.41 bits per heavy atom. The van der Waals surface area contributed by atoms with E-state index in [1.54, 1.807) is 14.2 Å². The Labute approximate surface area is 102 Å². The van der Waals surface area contributed by atoms with E-state index in [0.29, 0.717) is 5.92 Å². The molecule has 0 radical (unpaired) electrons. The summed E-state index contributed by atoms with van der Waals surface area (Å²) in [6, 6.07) is 5.54. The minimum atomic E-state index is -0.477. The van der Waals surface area contributed by atoms with Crippen LogP contribution >= 0.6 is 0 Å². The van der Waals surface area contributed by atoms with Gasteiger partial charge in [0.05, 0.1) is 20.3 Å².